The van der Waals surface area contributed by atoms with Gasteiger partial charge in [-0.15, -0.1) is 0 Å². The second-order valence-electron chi connectivity index (χ2n) is 3.93. The minimum Gasteiger partial charge on any atom is -0.311 e. The third-order valence-corrected chi connectivity index (χ3v) is 2.11. The van der Waals surface area contributed by atoms with E-state index in [2.05, 4.69) is 31.2 Å². The monoisotopic (exact) mass is 186 g/mol. The normalized spacial score (nSPS) is 18.0. The van der Waals surface area contributed by atoms with Crippen LogP contribution in [0, 0.1) is 0 Å². The number of hydrogen-bond donors (Lipinski definition) is 1. The van der Waals surface area contributed by atoms with Gasteiger partial charge in [-0.2, -0.15) is 0 Å². The van der Waals surface area contributed by atoms with Crippen molar-refractivity contribution in [2.75, 3.05) is 20.6 Å². The summed E-state index contributed by atoms with van der Waals surface area (Å²) in [6, 6.07) is 1.55. The van der Waals surface area contributed by atoms with E-state index >= 15 is 0 Å². The van der Waals surface area contributed by atoms with E-state index in [-0.39, 0.29) is 0 Å². The SMILES string of the molecule is CC.CC(CCN(C)C)NC1CC1. The van der Waals surface area contributed by atoms with Crippen molar-refractivity contribution in [1.29, 1.82) is 0 Å². The summed E-state index contributed by atoms with van der Waals surface area (Å²) in [7, 11) is 4.26. The maximum absolute atomic E-state index is 3.58. The van der Waals surface area contributed by atoms with Gasteiger partial charge in [0.2, 0.25) is 0 Å². The molecule has 0 aliphatic heterocycles. The Kier molecular flexibility index (Phi) is 7.29. The zero-order chi connectivity index (χ0) is 10.3. The number of hydrogen-bond acceptors (Lipinski definition) is 2. The fraction of sp³-hybridized carbons (Fsp3) is 1.00. The van der Waals surface area contributed by atoms with E-state index in [0.717, 1.165) is 6.04 Å². The van der Waals surface area contributed by atoms with Gasteiger partial charge in [0.25, 0.3) is 0 Å². The van der Waals surface area contributed by atoms with Crippen LogP contribution < -0.4 is 5.32 Å². The Balaban J connectivity index is 0.000000671. The maximum atomic E-state index is 3.58. The maximum Gasteiger partial charge on any atom is 0.00707 e. The molecule has 0 spiro atoms. The topological polar surface area (TPSA) is 15.3 Å². The third-order valence-electron chi connectivity index (χ3n) is 2.11. The molecule has 1 aliphatic carbocycles. The lowest BCUT2D eigenvalue weighted by molar-refractivity contribution is 0.365. The van der Waals surface area contributed by atoms with Crippen LogP contribution in [0.15, 0.2) is 0 Å². The van der Waals surface area contributed by atoms with Gasteiger partial charge in [0, 0.05) is 12.1 Å². The van der Waals surface area contributed by atoms with Crippen molar-refractivity contribution in [3.05, 3.63) is 0 Å². The Labute approximate surface area is 83.7 Å². The zero-order valence-electron chi connectivity index (χ0n) is 9.93. The Morgan fingerprint density at radius 1 is 1.31 bits per heavy atom. The summed E-state index contributed by atoms with van der Waals surface area (Å²) in [5.41, 5.74) is 0. The molecule has 0 bridgehead atoms. The minimum absolute atomic E-state index is 0.699. The quantitative estimate of drug-likeness (QED) is 0.707. The molecule has 2 heteroatoms. The molecule has 0 amide bonds. The molecule has 1 fully saturated rings. The molecule has 1 aliphatic rings. The molecular weight excluding hydrogens is 160 g/mol. The molecule has 1 N–H and O–H groups in total. The summed E-state index contributed by atoms with van der Waals surface area (Å²) in [5.74, 6) is 0. The van der Waals surface area contributed by atoms with Crippen molar-refractivity contribution in [2.24, 2.45) is 0 Å². The van der Waals surface area contributed by atoms with Crippen LogP contribution in [0.3, 0.4) is 0 Å². The van der Waals surface area contributed by atoms with E-state index in [1.54, 1.807) is 0 Å². The zero-order valence-corrected chi connectivity index (χ0v) is 9.93. The van der Waals surface area contributed by atoms with Crippen LogP contribution in [0.4, 0.5) is 0 Å². The predicted octanol–water partition coefficient (Wildman–Crippen LogP) is 2.10. The predicted molar refractivity (Wildman–Crippen MR) is 60.1 cm³/mol. The molecule has 0 aromatic rings. The van der Waals surface area contributed by atoms with Crippen molar-refractivity contribution in [3.63, 3.8) is 0 Å². The Bertz CT molecular complexity index is 109. The lowest BCUT2D eigenvalue weighted by Gasteiger charge is -2.15. The Morgan fingerprint density at radius 3 is 2.23 bits per heavy atom. The first-order valence-corrected chi connectivity index (χ1v) is 5.59. The van der Waals surface area contributed by atoms with Gasteiger partial charge in [0.1, 0.15) is 0 Å². The number of nitrogens with zero attached hydrogens (tertiary/aromatic N) is 1. The second-order valence-corrected chi connectivity index (χ2v) is 3.93. The summed E-state index contributed by atoms with van der Waals surface area (Å²) in [6.07, 6.45) is 4.06. The van der Waals surface area contributed by atoms with E-state index in [4.69, 9.17) is 0 Å². The summed E-state index contributed by atoms with van der Waals surface area (Å²) in [6.45, 7) is 7.47. The van der Waals surface area contributed by atoms with Crippen LogP contribution in [0.25, 0.3) is 0 Å². The summed E-state index contributed by atoms with van der Waals surface area (Å²) in [4.78, 5) is 2.24. The summed E-state index contributed by atoms with van der Waals surface area (Å²) in [5, 5.41) is 3.58. The standard InChI is InChI=1S/C9H20N2.C2H6/c1-8(6-7-11(2)3)10-9-4-5-9;1-2/h8-10H,4-7H2,1-3H3;1-2H3. The molecule has 1 rings (SSSR count). The number of nitrogens with one attached hydrogen (secondary N) is 1. The molecule has 0 aromatic carbocycles. The summed E-state index contributed by atoms with van der Waals surface area (Å²) < 4.78 is 0. The molecule has 1 saturated carbocycles. The van der Waals surface area contributed by atoms with Crippen LogP contribution in [-0.4, -0.2) is 37.6 Å². The highest BCUT2D eigenvalue weighted by Crippen LogP contribution is 2.19. The molecule has 0 aromatic heterocycles. The average molecular weight is 186 g/mol. The molecular formula is C11H26N2. The lowest BCUT2D eigenvalue weighted by Crippen LogP contribution is -2.31. The first kappa shape index (κ1) is 12.9. The number of rotatable bonds is 5. The Hall–Kier alpha value is -0.0800. The summed E-state index contributed by atoms with van der Waals surface area (Å²) >= 11 is 0. The van der Waals surface area contributed by atoms with E-state index in [1.807, 2.05) is 13.8 Å². The molecule has 13 heavy (non-hydrogen) atoms. The van der Waals surface area contributed by atoms with Crippen LogP contribution in [-0.2, 0) is 0 Å². The van der Waals surface area contributed by atoms with E-state index in [0.29, 0.717) is 6.04 Å². The molecule has 0 heterocycles. The van der Waals surface area contributed by atoms with Gasteiger partial charge < -0.3 is 10.2 Å². The molecule has 1 atom stereocenters. The highest BCUT2D eigenvalue weighted by Gasteiger charge is 2.22. The molecule has 1 unspecified atom stereocenters. The van der Waals surface area contributed by atoms with Gasteiger partial charge in [-0.05, 0) is 46.8 Å². The van der Waals surface area contributed by atoms with Gasteiger partial charge in [0.05, 0.1) is 0 Å². The van der Waals surface area contributed by atoms with E-state index in [1.165, 1.54) is 25.8 Å². The van der Waals surface area contributed by atoms with E-state index in [9.17, 15) is 0 Å². The van der Waals surface area contributed by atoms with Crippen LogP contribution in [0.5, 0.6) is 0 Å². The van der Waals surface area contributed by atoms with Crippen molar-refractivity contribution >= 4 is 0 Å². The lowest BCUT2D eigenvalue weighted by atomic mass is 10.2. The van der Waals surface area contributed by atoms with Crippen molar-refractivity contribution in [1.82, 2.24) is 10.2 Å². The molecule has 0 saturated heterocycles. The van der Waals surface area contributed by atoms with Crippen LogP contribution in [0.1, 0.15) is 40.0 Å². The van der Waals surface area contributed by atoms with Gasteiger partial charge in [0.15, 0.2) is 0 Å². The third kappa shape index (κ3) is 8.26. The largest absolute Gasteiger partial charge is 0.311 e. The van der Waals surface area contributed by atoms with Crippen molar-refractivity contribution in [2.45, 2.75) is 52.1 Å². The minimum atomic E-state index is 0.699. The highest BCUT2D eigenvalue weighted by molar-refractivity contribution is 4.83. The molecule has 80 valence electrons. The van der Waals surface area contributed by atoms with Gasteiger partial charge >= 0.3 is 0 Å². The van der Waals surface area contributed by atoms with Crippen molar-refractivity contribution in [3.8, 4) is 0 Å². The fourth-order valence-corrected chi connectivity index (χ4v) is 1.19. The molecule has 2 nitrogen and oxygen atoms in total. The second kappa shape index (κ2) is 7.34. The highest BCUT2D eigenvalue weighted by atomic mass is 15.1. The Morgan fingerprint density at radius 2 is 1.85 bits per heavy atom. The van der Waals surface area contributed by atoms with Gasteiger partial charge in [-0.3, -0.25) is 0 Å². The van der Waals surface area contributed by atoms with Crippen molar-refractivity contribution < 1.29 is 0 Å². The average Bonchev–Trinajstić information content (AvgIpc) is 2.89. The van der Waals surface area contributed by atoms with Crippen LogP contribution >= 0.6 is 0 Å². The van der Waals surface area contributed by atoms with Gasteiger partial charge in [-0.1, -0.05) is 13.8 Å². The fourth-order valence-electron chi connectivity index (χ4n) is 1.19. The molecule has 0 radical (unpaired) electrons. The van der Waals surface area contributed by atoms with Gasteiger partial charge in [-0.25, -0.2) is 0 Å². The smallest absolute Gasteiger partial charge is 0.00707 e. The van der Waals surface area contributed by atoms with E-state index < -0.39 is 0 Å². The first-order chi connectivity index (χ1) is 6.18. The first-order valence-electron chi connectivity index (χ1n) is 5.59. The van der Waals surface area contributed by atoms with Crippen LogP contribution in [0.2, 0.25) is 0 Å².